The zero-order valence-electron chi connectivity index (χ0n) is 10.7. The van der Waals surface area contributed by atoms with Gasteiger partial charge in [0.25, 0.3) is 0 Å². The Morgan fingerprint density at radius 2 is 2.05 bits per heavy atom. The Morgan fingerprint density at radius 1 is 1.32 bits per heavy atom. The molecule has 1 rings (SSSR count). The van der Waals surface area contributed by atoms with E-state index < -0.39 is 11.6 Å². The molecule has 0 heterocycles. The zero-order valence-corrected chi connectivity index (χ0v) is 12.3. The molecule has 106 valence electrons. The highest BCUT2D eigenvalue weighted by Crippen LogP contribution is 2.10. The zero-order chi connectivity index (χ0) is 14.3. The van der Waals surface area contributed by atoms with E-state index in [4.69, 9.17) is 4.74 Å². The van der Waals surface area contributed by atoms with Crippen LogP contribution in [0.4, 0.5) is 8.78 Å². The van der Waals surface area contributed by atoms with Gasteiger partial charge in [-0.25, -0.2) is 8.78 Å². The van der Waals surface area contributed by atoms with Gasteiger partial charge in [-0.3, -0.25) is 4.79 Å². The van der Waals surface area contributed by atoms with Crippen LogP contribution in [0.1, 0.15) is 5.56 Å². The van der Waals surface area contributed by atoms with Crippen molar-refractivity contribution in [2.75, 3.05) is 32.1 Å². The fourth-order valence-electron chi connectivity index (χ4n) is 1.44. The predicted molar refractivity (Wildman–Crippen MR) is 72.3 cm³/mol. The van der Waals surface area contributed by atoms with Crippen molar-refractivity contribution in [3.8, 4) is 0 Å². The molecule has 1 aromatic carbocycles. The lowest BCUT2D eigenvalue weighted by molar-refractivity contribution is -0.129. The van der Waals surface area contributed by atoms with Crippen LogP contribution in [0.3, 0.4) is 0 Å². The summed E-state index contributed by atoms with van der Waals surface area (Å²) in [6.45, 7) is 1.51. The van der Waals surface area contributed by atoms with Gasteiger partial charge in [0.15, 0.2) is 11.6 Å². The van der Waals surface area contributed by atoms with Gasteiger partial charge in [0.05, 0.1) is 19.6 Å². The summed E-state index contributed by atoms with van der Waals surface area (Å²) in [6.07, 6.45) is 0.0478. The minimum Gasteiger partial charge on any atom is -0.379 e. The van der Waals surface area contributed by atoms with E-state index in [1.54, 1.807) is 7.05 Å². The van der Waals surface area contributed by atoms with Gasteiger partial charge >= 0.3 is 0 Å². The van der Waals surface area contributed by atoms with E-state index in [0.29, 0.717) is 25.3 Å². The molecule has 0 saturated heterocycles. The highest BCUT2D eigenvalue weighted by Gasteiger charge is 2.11. The second-order valence-electron chi connectivity index (χ2n) is 4.04. The van der Waals surface area contributed by atoms with Crippen molar-refractivity contribution in [1.29, 1.82) is 0 Å². The number of nitrogens with zero attached hydrogens (tertiary/aromatic N) is 1. The number of ether oxygens (including phenoxy) is 1. The van der Waals surface area contributed by atoms with Gasteiger partial charge in [0.1, 0.15) is 0 Å². The van der Waals surface area contributed by atoms with Crippen molar-refractivity contribution in [1.82, 2.24) is 4.90 Å². The van der Waals surface area contributed by atoms with Gasteiger partial charge in [0.2, 0.25) is 5.91 Å². The molecular weight excluding hydrogens is 320 g/mol. The first-order valence-electron chi connectivity index (χ1n) is 5.86. The molecule has 3 nitrogen and oxygen atoms in total. The largest absolute Gasteiger partial charge is 0.379 e. The van der Waals surface area contributed by atoms with E-state index >= 15 is 0 Å². The summed E-state index contributed by atoms with van der Waals surface area (Å²) in [5.41, 5.74) is 0.456. The minimum absolute atomic E-state index is 0.0478. The molecular formula is C13H16BrF2NO2. The number of amides is 1. The van der Waals surface area contributed by atoms with Crippen molar-refractivity contribution >= 4 is 21.8 Å². The second-order valence-corrected chi connectivity index (χ2v) is 4.83. The van der Waals surface area contributed by atoms with Gasteiger partial charge in [-0.05, 0) is 17.7 Å². The smallest absolute Gasteiger partial charge is 0.226 e. The lowest BCUT2D eigenvalue weighted by Crippen LogP contribution is -2.31. The fraction of sp³-hybridized carbons (Fsp3) is 0.462. The number of carbonyl (C=O) groups is 1. The van der Waals surface area contributed by atoms with Gasteiger partial charge in [0, 0.05) is 18.9 Å². The summed E-state index contributed by atoms with van der Waals surface area (Å²) in [4.78, 5) is 13.3. The third-order valence-electron chi connectivity index (χ3n) is 2.56. The molecule has 0 aliphatic carbocycles. The lowest BCUT2D eigenvalue weighted by Gasteiger charge is -2.17. The summed E-state index contributed by atoms with van der Waals surface area (Å²) in [5, 5.41) is 0.750. The molecule has 0 atom stereocenters. The van der Waals surface area contributed by atoms with Crippen LogP contribution in [-0.4, -0.2) is 42.9 Å². The number of halogens is 3. The Kier molecular flexibility index (Phi) is 6.94. The Bertz CT molecular complexity index is 429. The number of rotatable bonds is 7. The quantitative estimate of drug-likeness (QED) is 0.565. The first kappa shape index (κ1) is 16.0. The lowest BCUT2D eigenvalue weighted by atomic mass is 10.1. The van der Waals surface area contributed by atoms with Crippen molar-refractivity contribution in [3.05, 3.63) is 35.4 Å². The first-order chi connectivity index (χ1) is 9.04. The highest BCUT2D eigenvalue weighted by molar-refractivity contribution is 9.09. The number of likely N-dealkylation sites (N-methyl/N-ethyl adjacent to an activating group) is 1. The van der Waals surface area contributed by atoms with E-state index in [9.17, 15) is 13.6 Å². The maximum absolute atomic E-state index is 13.0. The predicted octanol–water partition coefficient (Wildman–Crippen LogP) is 2.38. The average molecular weight is 336 g/mol. The molecule has 6 heteroatoms. The van der Waals surface area contributed by atoms with E-state index in [1.807, 2.05) is 0 Å². The Labute approximate surface area is 119 Å². The fourth-order valence-corrected chi connectivity index (χ4v) is 1.67. The Hall–Kier alpha value is -1.01. The van der Waals surface area contributed by atoms with Crippen LogP contribution in [0.25, 0.3) is 0 Å². The molecule has 19 heavy (non-hydrogen) atoms. The van der Waals surface area contributed by atoms with Crippen molar-refractivity contribution in [2.24, 2.45) is 0 Å². The van der Waals surface area contributed by atoms with Crippen molar-refractivity contribution in [3.63, 3.8) is 0 Å². The monoisotopic (exact) mass is 335 g/mol. The standard InChI is InChI=1S/C13H16BrF2NO2/c1-17(5-7-19-6-4-14)13(18)9-10-2-3-11(15)12(16)8-10/h2-3,8H,4-7,9H2,1H3. The SMILES string of the molecule is CN(CCOCCBr)C(=O)Cc1ccc(F)c(F)c1. The number of benzene rings is 1. The molecule has 0 fully saturated rings. The van der Waals surface area contributed by atoms with Gasteiger partial charge < -0.3 is 9.64 Å². The third-order valence-corrected chi connectivity index (χ3v) is 2.88. The highest BCUT2D eigenvalue weighted by atomic mass is 79.9. The van der Waals surface area contributed by atoms with Crippen LogP contribution in [0.15, 0.2) is 18.2 Å². The Morgan fingerprint density at radius 3 is 2.68 bits per heavy atom. The van der Waals surface area contributed by atoms with E-state index in [-0.39, 0.29) is 12.3 Å². The maximum atomic E-state index is 13.0. The number of hydrogen-bond acceptors (Lipinski definition) is 2. The molecule has 0 aliphatic rings. The molecule has 0 aromatic heterocycles. The van der Waals surface area contributed by atoms with Crippen LogP contribution >= 0.6 is 15.9 Å². The molecule has 1 aromatic rings. The molecule has 0 N–H and O–H groups in total. The summed E-state index contributed by atoms with van der Waals surface area (Å²) in [7, 11) is 1.65. The van der Waals surface area contributed by atoms with Crippen LogP contribution in [0.5, 0.6) is 0 Å². The van der Waals surface area contributed by atoms with Crippen LogP contribution in [0.2, 0.25) is 0 Å². The molecule has 1 amide bonds. The minimum atomic E-state index is -0.936. The molecule has 0 saturated carbocycles. The molecule has 0 radical (unpaired) electrons. The van der Waals surface area contributed by atoms with Crippen LogP contribution < -0.4 is 0 Å². The summed E-state index contributed by atoms with van der Waals surface area (Å²) < 4.78 is 31.0. The number of carbonyl (C=O) groups excluding carboxylic acids is 1. The number of alkyl halides is 1. The summed E-state index contributed by atoms with van der Waals surface area (Å²) in [5.74, 6) is -2.00. The maximum Gasteiger partial charge on any atom is 0.226 e. The normalized spacial score (nSPS) is 10.5. The second kappa shape index (κ2) is 8.22. The number of hydrogen-bond donors (Lipinski definition) is 0. The average Bonchev–Trinajstić information content (AvgIpc) is 2.38. The molecule has 0 unspecified atom stereocenters. The van der Waals surface area contributed by atoms with Crippen molar-refractivity contribution < 1.29 is 18.3 Å². The van der Waals surface area contributed by atoms with Gasteiger partial charge in [-0.1, -0.05) is 22.0 Å². The molecule has 0 spiro atoms. The third kappa shape index (κ3) is 5.65. The van der Waals surface area contributed by atoms with Gasteiger partial charge in [-0.2, -0.15) is 0 Å². The molecule has 0 bridgehead atoms. The van der Waals surface area contributed by atoms with Crippen molar-refractivity contribution in [2.45, 2.75) is 6.42 Å². The van der Waals surface area contributed by atoms with Crippen LogP contribution in [0, 0.1) is 11.6 Å². The molecule has 0 aliphatic heterocycles. The van der Waals surface area contributed by atoms with E-state index in [1.165, 1.54) is 11.0 Å². The first-order valence-corrected chi connectivity index (χ1v) is 6.98. The van der Waals surface area contributed by atoms with E-state index in [2.05, 4.69) is 15.9 Å². The Balaban J connectivity index is 2.42. The van der Waals surface area contributed by atoms with Crippen LogP contribution in [-0.2, 0) is 16.0 Å². The summed E-state index contributed by atoms with van der Waals surface area (Å²) >= 11 is 3.23. The topological polar surface area (TPSA) is 29.5 Å². The summed E-state index contributed by atoms with van der Waals surface area (Å²) in [6, 6.07) is 3.48. The van der Waals surface area contributed by atoms with Gasteiger partial charge in [-0.15, -0.1) is 0 Å². The van der Waals surface area contributed by atoms with E-state index in [0.717, 1.165) is 17.5 Å².